The maximum Gasteiger partial charge on any atom is 0.156 e. The smallest absolute Gasteiger partial charge is 0.156 e. The molecule has 1 aromatic carbocycles. The van der Waals surface area contributed by atoms with Crippen LogP contribution >= 0.6 is 0 Å². The lowest BCUT2D eigenvalue weighted by Crippen LogP contribution is -2.25. The number of aromatic nitrogens is 2. The van der Waals surface area contributed by atoms with Crippen LogP contribution in [0.2, 0.25) is 0 Å². The summed E-state index contributed by atoms with van der Waals surface area (Å²) in [6, 6.07) is 4.60. The third kappa shape index (κ3) is 4.27. The first-order valence-electron chi connectivity index (χ1n) is 8.79. The van der Waals surface area contributed by atoms with Crippen LogP contribution in [0.3, 0.4) is 0 Å². The second kappa shape index (κ2) is 7.53. The van der Waals surface area contributed by atoms with E-state index in [1.54, 1.807) is 19.1 Å². The molecule has 1 aliphatic rings. The number of aryl methyl sites for hydroxylation is 1. The fourth-order valence-electron chi connectivity index (χ4n) is 3.01. The van der Waals surface area contributed by atoms with Gasteiger partial charge < -0.3 is 5.21 Å². The number of nitrogens with zero attached hydrogens (tertiary/aromatic N) is 3. The SMILES string of the molecule is [2H]C1CC(Cc2nonc2C(Cc2ccc(F)c(C)c2)=NO)CCS1(=O)=O. The Balaban J connectivity index is 1.75. The molecule has 0 radical (unpaired) electrons. The zero-order valence-corrected chi connectivity index (χ0v) is 15.0. The van der Waals surface area contributed by atoms with E-state index in [2.05, 4.69) is 15.5 Å². The van der Waals surface area contributed by atoms with Crippen LogP contribution in [0.1, 0.15) is 36.7 Å². The molecular formula is C17H20FN3O4S. The van der Waals surface area contributed by atoms with Gasteiger partial charge in [-0.05, 0) is 54.5 Å². The highest BCUT2D eigenvalue weighted by Gasteiger charge is 2.27. The number of hydrogen-bond donors (Lipinski definition) is 1. The van der Waals surface area contributed by atoms with Gasteiger partial charge in [-0.2, -0.15) is 0 Å². The largest absolute Gasteiger partial charge is 0.411 e. The van der Waals surface area contributed by atoms with Crippen LogP contribution in [0.4, 0.5) is 4.39 Å². The molecule has 1 aromatic heterocycles. The molecule has 2 aromatic rings. The Labute approximate surface area is 152 Å². The van der Waals surface area contributed by atoms with Gasteiger partial charge in [0, 0.05) is 7.79 Å². The third-order valence-corrected chi connectivity index (χ3v) is 6.03. The van der Waals surface area contributed by atoms with Crippen molar-refractivity contribution < 1.29 is 24.0 Å². The first kappa shape index (κ1) is 17.1. The van der Waals surface area contributed by atoms with Crippen molar-refractivity contribution in [3.8, 4) is 0 Å². The van der Waals surface area contributed by atoms with Gasteiger partial charge in [-0.1, -0.05) is 22.4 Å². The predicted octanol–water partition coefficient (Wildman–Crippen LogP) is 2.31. The van der Waals surface area contributed by atoms with E-state index in [-0.39, 0.29) is 41.7 Å². The first-order valence-corrected chi connectivity index (χ1v) is 9.93. The highest BCUT2D eigenvalue weighted by atomic mass is 32.2. The normalized spacial score (nSPS) is 23.6. The van der Waals surface area contributed by atoms with E-state index in [1.807, 2.05) is 0 Å². The fraction of sp³-hybridized carbons (Fsp3) is 0.471. The maximum absolute atomic E-state index is 13.4. The molecule has 2 heterocycles. The Kier molecular flexibility index (Phi) is 4.96. The van der Waals surface area contributed by atoms with Crippen molar-refractivity contribution in [3.63, 3.8) is 0 Å². The Morgan fingerprint density at radius 1 is 1.46 bits per heavy atom. The molecule has 1 N–H and O–H groups in total. The topological polar surface area (TPSA) is 106 Å². The van der Waals surface area contributed by atoms with Gasteiger partial charge in [0.05, 0.1) is 11.5 Å². The lowest BCUT2D eigenvalue weighted by Gasteiger charge is -2.20. The molecular weight excluding hydrogens is 361 g/mol. The standard InChI is InChI=1S/C17H20FN3O4S/c1-11-8-13(2-3-14(11)18)10-15(19-22)17-16(20-25-21-17)9-12-4-6-26(23,24)7-5-12/h2-3,8,12,22H,4-7,9-10H2,1H3/i6D. The summed E-state index contributed by atoms with van der Waals surface area (Å²) in [5.41, 5.74) is 1.06. The summed E-state index contributed by atoms with van der Waals surface area (Å²) in [4.78, 5) is 0. The van der Waals surface area contributed by atoms with Crippen molar-refractivity contribution >= 4 is 15.5 Å². The van der Waals surface area contributed by atoms with Gasteiger partial charge in [-0.25, -0.2) is 17.4 Å². The number of benzene rings is 1. The Morgan fingerprint density at radius 2 is 2.27 bits per heavy atom. The van der Waals surface area contributed by atoms with Gasteiger partial charge in [0.25, 0.3) is 0 Å². The van der Waals surface area contributed by atoms with Crippen molar-refractivity contribution in [3.05, 3.63) is 46.5 Å². The number of sulfone groups is 1. The summed E-state index contributed by atoms with van der Waals surface area (Å²) in [7, 11) is -3.34. The summed E-state index contributed by atoms with van der Waals surface area (Å²) < 4.78 is 49.4. The van der Waals surface area contributed by atoms with Crippen LogP contribution in [0, 0.1) is 18.7 Å². The number of oxime groups is 1. The van der Waals surface area contributed by atoms with E-state index in [0.717, 1.165) is 5.56 Å². The molecule has 2 atom stereocenters. The van der Waals surface area contributed by atoms with Gasteiger partial charge in [-0.15, -0.1) is 0 Å². The molecule has 0 saturated carbocycles. The molecule has 1 saturated heterocycles. The minimum atomic E-state index is -3.34. The quantitative estimate of drug-likeness (QED) is 0.483. The first-order chi connectivity index (χ1) is 12.8. The molecule has 0 aliphatic carbocycles. The fourth-order valence-corrected chi connectivity index (χ4v) is 4.40. The van der Waals surface area contributed by atoms with Crippen LogP contribution in [0.15, 0.2) is 28.0 Å². The van der Waals surface area contributed by atoms with Gasteiger partial charge >= 0.3 is 0 Å². The molecule has 3 rings (SSSR count). The highest BCUT2D eigenvalue weighted by Crippen LogP contribution is 2.24. The monoisotopic (exact) mass is 382 g/mol. The summed E-state index contributed by atoms with van der Waals surface area (Å²) in [5, 5.41) is 20.4. The number of halogens is 1. The van der Waals surface area contributed by atoms with Crippen molar-refractivity contribution in [2.45, 2.75) is 32.6 Å². The Morgan fingerprint density at radius 3 is 2.96 bits per heavy atom. The number of hydrogen-bond acceptors (Lipinski definition) is 7. The molecule has 7 nitrogen and oxygen atoms in total. The highest BCUT2D eigenvalue weighted by molar-refractivity contribution is 7.91. The van der Waals surface area contributed by atoms with Crippen LogP contribution in [0.5, 0.6) is 0 Å². The molecule has 0 amide bonds. The summed E-state index contributed by atoms with van der Waals surface area (Å²) in [6.45, 7) is 1.64. The van der Waals surface area contributed by atoms with E-state index >= 15 is 0 Å². The second-order valence-electron chi connectivity index (χ2n) is 6.49. The summed E-state index contributed by atoms with van der Waals surface area (Å²) >= 11 is 0. The predicted molar refractivity (Wildman–Crippen MR) is 92.5 cm³/mol. The second-order valence-corrected chi connectivity index (χ2v) is 8.56. The zero-order chi connectivity index (χ0) is 19.6. The molecule has 1 fully saturated rings. The van der Waals surface area contributed by atoms with Crippen molar-refractivity contribution in [1.82, 2.24) is 10.3 Å². The summed E-state index contributed by atoms with van der Waals surface area (Å²) in [5.74, 6) is -0.390. The van der Waals surface area contributed by atoms with E-state index in [1.165, 1.54) is 6.07 Å². The van der Waals surface area contributed by atoms with Crippen LogP contribution in [-0.2, 0) is 22.7 Å². The Bertz CT molecular complexity index is 961. The van der Waals surface area contributed by atoms with E-state index in [9.17, 15) is 18.0 Å². The summed E-state index contributed by atoms with van der Waals surface area (Å²) in [6.07, 6.45) is 1.24. The molecule has 9 heteroatoms. The third-order valence-electron chi connectivity index (χ3n) is 4.52. The molecule has 26 heavy (non-hydrogen) atoms. The zero-order valence-electron chi connectivity index (χ0n) is 15.2. The average Bonchev–Trinajstić information content (AvgIpc) is 3.07. The van der Waals surface area contributed by atoms with Crippen molar-refractivity contribution in [2.75, 3.05) is 11.5 Å². The molecule has 1 aliphatic heterocycles. The van der Waals surface area contributed by atoms with Gasteiger partial charge in [0.1, 0.15) is 27.1 Å². The van der Waals surface area contributed by atoms with Crippen LogP contribution in [-0.4, -0.2) is 41.1 Å². The van der Waals surface area contributed by atoms with Crippen LogP contribution in [0.25, 0.3) is 0 Å². The minimum Gasteiger partial charge on any atom is -0.411 e. The number of rotatable bonds is 5. The minimum absolute atomic E-state index is 0.0255. The van der Waals surface area contributed by atoms with E-state index in [4.69, 9.17) is 6.00 Å². The lowest BCUT2D eigenvalue weighted by molar-refractivity contribution is 0.298. The van der Waals surface area contributed by atoms with Crippen molar-refractivity contribution in [2.24, 2.45) is 11.1 Å². The van der Waals surface area contributed by atoms with Crippen molar-refractivity contribution in [1.29, 1.82) is 0 Å². The van der Waals surface area contributed by atoms with Gasteiger partial charge in [-0.3, -0.25) is 0 Å². The van der Waals surface area contributed by atoms with Gasteiger partial charge in [0.2, 0.25) is 0 Å². The van der Waals surface area contributed by atoms with E-state index < -0.39 is 15.6 Å². The van der Waals surface area contributed by atoms with E-state index in [0.29, 0.717) is 24.1 Å². The van der Waals surface area contributed by atoms with Crippen LogP contribution < -0.4 is 0 Å². The van der Waals surface area contributed by atoms with Gasteiger partial charge in [0.15, 0.2) is 5.69 Å². The molecule has 0 bridgehead atoms. The Hall–Kier alpha value is -2.29. The average molecular weight is 382 g/mol. The molecule has 0 spiro atoms. The molecule has 140 valence electrons. The maximum atomic E-state index is 13.4. The molecule has 2 unspecified atom stereocenters. The lowest BCUT2D eigenvalue weighted by atomic mass is 9.94.